The second-order valence-corrected chi connectivity index (χ2v) is 5.25. The Morgan fingerprint density at radius 2 is 1.94 bits per heavy atom. The van der Waals surface area contributed by atoms with Crippen LogP contribution < -0.4 is 5.32 Å². The van der Waals surface area contributed by atoms with Gasteiger partial charge in [0.2, 0.25) is 5.91 Å². The Morgan fingerprint density at radius 1 is 1.29 bits per heavy atom. The Hall–Kier alpha value is -1.45. The fraction of sp³-hybridized carbons (Fsp3) is 0.462. The highest BCUT2D eigenvalue weighted by Gasteiger charge is 2.16. The summed E-state index contributed by atoms with van der Waals surface area (Å²) in [5.41, 5.74) is 0.0390. The van der Waals surface area contributed by atoms with E-state index >= 15 is 0 Å². The summed E-state index contributed by atoms with van der Waals surface area (Å²) in [7, 11) is 0. The molecule has 0 radical (unpaired) electrons. The van der Waals surface area contributed by atoms with Crippen LogP contribution in [0.1, 0.15) is 32.8 Å². The molecular formula is C13H17F2NO. The van der Waals surface area contributed by atoms with Crippen LogP contribution in [0.25, 0.3) is 0 Å². The molecule has 1 amide bonds. The largest absolute Gasteiger partial charge is 0.352 e. The van der Waals surface area contributed by atoms with Crippen molar-refractivity contribution in [1.82, 2.24) is 5.32 Å². The maximum Gasteiger partial charge on any atom is 0.220 e. The fourth-order valence-corrected chi connectivity index (χ4v) is 1.42. The second kappa shape index (κ2) is 5.25. The molecule has 1 aromatic rings. The molecule has 0 aliphatic heterocycles. The summed E-state index contributed by atoms with van der Waals surface area (Å²) < 4.78 is 26.1. The van der Waals surface area contributed by atoms with Gasteiger partial charge in [-0.3, -0.25) is 4.79 Å². The van der Waals surface area contributed by atoms with E-state index in [9.17, 15) is 13.6 Å². The van der Waals surface area contributed by atoms with E-state index in [-0.39, 0.29) is 23.4 Å². The van der Waals surface area contributed by atoms with Gasteiger partial charge in [-0.2, -0.15) is 0 Å². The van der Waals surface area contributed by atoms with Gasteiger partial charge in [-0.15, -0.1) is 0 Å². The third kappa shape index (κ3) is 4.93. The van der Waals surface area contributed by atoms with Gasteiger partial charge in [0.15, 0.2) is 0 Å². The molecule has 1 rings (SSSR count). The molecule has 1 aromatic carbocycles. The molecule has 1 N–H and O–H groups in total. The van der Waals surface area contributed by atoms with E-state index in [1.54, 1.807) is 0 Å². The molecular weight excluding hydrogens is 224 g/mol. The Kier molecular flexibility index (Phi) is 4.21. The Bertz CT molecular complexity index is 410. The number of rotatable bonds is 3. The van der Waals surface area contributed by atoms with E-state index in [0.717, 1.165) is 18.2 Å². The lowest BCUT2D eigenvalue weighted by Gasteiger charge is -2.17. The predicted octanol–water partition coefficient (Wildman–Crippen LogP) is 3.02. The van der Waals surface area contributed by atoms with Crippen LogP contribution in [0.4, 0.5) is 8.78 Å². The van der Waals surface area contributed by atoms with Crippen molar-refractivity contribution in [1.29, 1.82) is 0 Å². The van der Waals surface area contributed by atoms with Crippen molar-refractivity contribution in [3.63, 3.8) is 0 Å². The zero-order chi connectivity index (χ0) is 13.1. The Balaban J connectivity index is 2.56. The summed E-state index contributed by atoms with van der Waals surface area (Å²) in [4.78, 5) is 11.5. The van der Waals surface area contributed by atoms with Gasteiger partial charge in [0.1, 0.15) is 11.6 Å². The van der Waals surface area contributed by atoms with E-state index < -0.39 is 11.6 Å². The lowest BCUT2D eigenvalue weighted by Crippen LogP contribution is -2.27. The monoisotopic (exact) mass is 241 g/mol. The minimum Gasteiger partial charge on any atom is -0.352 e. The molecule has 94 valence electrons. The SMILES string of the molecule is CC(C)(C)CC(=O)NCc1cc(F)ccc1F. The summed E-state index contributed by atoms with van der Waals surface area (Å²) in [6, 6.07) is 3.20. The molecule has 0 spiro atoms. The van der Waals surface area contributed by atoms with Crippen molar-refractivity contribution >= 4 is 5.91 Å². The van der Waals surface area contributed by atoms with Crippen molar-refractivity contribution < 1.29 is 13.6 Å². The van der Waals surface area contributed by atoms with Crippen molar-refractivity contribution in [3.05, 3.63) is 35.4 Å². The Morgan fingerprint density at radius 3 is 2.53 bits per heavy atom. The highest BCUT2D eigenvalue weighted by molar-refractivity contribution is 5.76. The number of halogens is 2. The van der Waals surface area contributed by atoms with Crippen LogP contribution >= 0.6 is 0 Å². The normalized spacial score (nSPS) is 11.4. The first-order valence-corrected chi connectivity index (χ1v) is 5.48. The number of amides is 1. The summed E-state index contributed by atoms with van der Waals surface area (Å²) in [6.07, 6.45) is 0.351. The quantitative estimate of drug-likeness (QED) is 0.866. The molecule has 0 aliphatic rings. The molecule has 0 saturated carbocycles. The number of hydrogen-bond acceptors (Lipinski definition) is 1. The van der Waals surface area contributed by atoms with Gasteiger partial charge >= 0.3 is 0 Å². The second-order valence-electron chi connectivity index (χ2n) is 5.25. The van der Waals surface area contributed by atoms with E-state index in [2.05, 4.69) is 5.32 Å². The molecule has 0 atom stereocenters. The summed E-state index contributed by atoms with van der Waals surface area (Å²) in [5, 5.41) is 2.58. The van der Waals surface area contributed by atoms with Crippen LogP contribution in [0.3, 0.4) is 0 Å². The van der Waals surface area contributed by atoms with Crippen molar-refractivity contribution in [2.75, 3.05) is 0 Å². The average molecular weight is 241 g/mol. The van der Waals surface area contributed by atoms with Crippen molar-refractivity contribution in [2.45, 2.75) is 33.7 Å². The van der Waals surface area contributed by atoms with Gasteiger partial charge < -0.3 is 5.32 Å². The lowest BCUT2D eigenvalue weighted by atomic mass is 9.92. The third-order valence-electron chi connectivity index (χ3n) is 2.17. The van der Waals surface area contributed by atoms with Crippen LogP contribution in [0, 0.1) is 17.0 Å². The topological polar surface area (TPSA) is 29.1 Å². The number of carbonyl (C=O) groups excluding carboxylic acids is 1. The van der Waals surface area contributed by atoms with Gasteiger partial charge in [-0.05, 0) is 23.6 Å². The van der Waals surface area contributed by atoms with Gasteiger partial charge in [0.05, 0.1) is 0 Å². The molecule has 17 heavy (non-hydrogen) atoms. The van der Waals surface area contributed by atoms with Gasteiger partial charge in [0.25, 0.3) is 0 Å². The van der Waals surface area contributed by atoms with E-state index in [1.807, 2.05) is 20.8 Å². The van der Waals surface area contributed by atoms with Crippen LogP contribution in [-0.4, -0.2) is 5.91 Å². The molecule has 0 aromatic heterocycles. The first kappa shape index (κ1) is 13.6. The van der Waals surface area contributed by atoms with Crippen LogP contribution in [0.15, 0.2) is 18.2 Å². The molecule has 4 heteroatoms. The maximum atomic E-state index is 13.2. The van der Waals surface area contributed by atoms with Gasteiger partial charge in [-0.25, -0.2) is 8.78 Å². The van der Waals surface area contributed by atoms with E-state index in [0.29, 0.717) is 6.42 Å². The number of benzene rings is 1. The minimum absolute atomic E-state index is 0.0124. The minimum atomic E-state index is -0.512. The highest BCUT2D eigenvalue weighted by Crippen LogP contribution is 2.18. The van der Waals surface area contributed by atoms with E-state index in [1.165, 1.54) is 0 Å². The molecule has 0 aliphatic carbocycles. The van der Waals surface area contributed by atoms with Gasteiger partial charge in [0, 0.05) is 18.5 Å². The van der Waals surface area contributed by atoms with Crippen LogP contribution in [0.5, 0.6) is 0 Å². The first-order chi connectivity index (χ1) is 7.78. The maximum absolute atomic E-state index is 13.2. The van der Waals surface area contributed by atoms with Crippen LogP contribution in [0.2, 0.25) is 0 Å². The van der Waals surface area contributed by atoms with Crippen LogP contribution in [-0.2, 0) is 11.3 Å². The molecule has 0 fully saturated rings. The molecule has 0 heterocycles. The first-order valence-electron chi connectivity index (χ1n) is 5.48. The molecule has 0 saturated heterocycles. The summed E-state index contributed by atoms with van der Waals surface area (Å²) in [5.74, 6) is -1.19. The standard InChI is InChI=1S/C13H17F2NO/c1-13(2,3)7-12(17)16-8-9-6-10(14)4-5-11(9)15/h4-6H,7-8H2,1-3H3,(H,16,17). The molecule has 2 nitrogen and oxygen atoms in total. The predicted molar refractivity (Wildman–Crippen MR) is 62.3 cm³/mol. The van der Waals surface area contributed by atoms with E-state index in [4.69, 9.17) is 0 Å². The average Bonchev–Trinajstić information content (AvgIpc) is 2.17. The zero-order valence-corrected chi connectivity index (χ0v) is 10.3. The highest BCUT2D eigenvalue weighted by atomic mass is 19.1. The lowest BCUT2D eigenvalue weighted by molar-refractivity contribution is -0.122. The van der Waals surface area contributed by atoms with Crippen molar-refractivity contribution in [3.8, 4) is 0 Å². The van der Waals surface area contributed by atoms with Gasteiger partial charge in [-0.1, -0.05) is 20.8 Å². The number of carbonyl (C=O) groups is 1. The zero-order valence-electron chi connectivity index (χ0n) is 10.3. The Labute approximate surface area is 100 Å². The molecule has 0 unspecified atom stereocenters. The van der Waals surface area contributed by atoms with Crippen molar-refractivity contribution in [2.24, 2.45) is 5.41 Å². The third-order valence-corrected chi connectivity index (χ3v) is 2.17. The number of nitrogens with one attached hydrogen (secondary N) is 1. The fourth-order valence-electron chi connectivity index (χ4n) is 1.42. The smallest absolute Gasteiger partial charge is 0.220 e. The summed E-state index contributed by atoms with van der Waals surface area (Å²) in [6.45, 7) is 5.83. The number of hydrogen-bond donors (Lipinski definition) is 1. The summed E-state index contributed by atoms with van der Waals surface area (Å²) >= 11 is 0. The molecule has 0 bridgehead atoms.